The van der Waals surface area contributed by atoms with Crippen molar-refractivity contribution < 1.29 is 4.79 Å². The van der Waals surface area contributed by atoms with Crippen molar-refractivity contribution >= 4 is 27.5 Å². The SMILES string of the molecule is Cc1sc2nc(CNC3CNC(=O)C3)[nH]c(=O)c2c1C. The average molecular weight is 292 g/mol. The fraction of sp³-hybridized carbons (Fsp3) is 0.462. The van der Waals surface area contributed by atoms with E-state index in [0.717, 1.165) is 15.3 Å². The van der Waals surface area contributed by atoms with Gasteiger partial charge in [0.15, 0.2) is 0 Å². The van der Waals surface area contributed by atoms with Gasteiger partial charge in [0.1, 0.15) is 10.7 Å². The Kier molecular flexibility index (Phi) is 3.31. The van der Waals surface area contributed by atoms with Crippen molar-refractivity contribution in [2.75, 3.05) is 6.54 Å². The van der Waals surface area contributed by atoms with E-state index >= 15 is 0 Å². The normalized spacial score (nSPS) is 18.7. The van der Waals surface area contributed by atoms with E-state index in [-0.39, 0.29) is 17.5 Å². The van der Waals surface area contributed by atoms with Gasteiger partial charge in [-0.05, 0) is 19.4 Å². The lowest BCUT2D eigenvalue weighted by Gasteiger charge is -2.09. The molecule has 0 bridgehead atoms. The minimum absolute atomic E-state index is 0.0592. The summed E-state index contributed by atoms with van der Waals surface area (Å²) in [5.74, 6) is 0.673. The molecular weight excluding hydrogens is 276 g/mol. The highest BCUT2D eigenvalue weighted by Gasteiger charge is 2.21. The average Bonchev–Trinajstić information content (AvgIpc) is 2.92. The smallest absolute Gasteiger partial charge is 0.259 e. The second-order valence-corrected chi connectivity index (χ2v) is 6.27. The van der Waals surface area contributed by atoms with Gasteiger partial charge in [0.05, 0.1) is 11.9 Å². The summed E-state index contributed by atoms with van der Waals surface area (Å²) in [6.45, 7) is 5.02. The van der Waals surface area contributed by atoms with E-state index in [1.165, 1.54) is 0 Å². The number of aryl methyl sites for hydroxylation is 2. The Hall–Kier alpha value is -1.73. The molecule has 3 rings (SSSR count). The Balaban J connectivity index is 1.82. The number of hydrogen-bond donors (Lipinski definition) is 3. The zero-order valence-corrected chi connectivity index (χ0v) is 12.2. The number of hydrogen-bond acceptors (Lipinski definition) is 5. The highest BCUT2D eigenvalue weighted by Crippen LogP contribution is 2.25. The minimum atomic E-state index is -0.0886. The maximum Gasteiger partial charge on any atom is 0.259 e. The zero-order valence-electron chi connectivity index (χ0n) is 11.4. The van der Waals surface area contributed by atoms with E-state index in [4.69, 9.17) is 0 Å². The number of amides is 1. The quantitative estimate of drug-likeness (QED) is 0.772. The number of fused-ring (bicyclic) bond motifs is 1. The minimum Gasteiger partial charge on any atom is -0.354 e. The number of nitrogens with zero attached hydrogens (tertiary/aromatic N) is 1. The molecule has 2 aromatic heterocycles. The Labute approximate surface area is 119 Å². The van der Waals surface area contributed by atoms with Gasteiger partial charge >= 0.3 is 0 Å². The van der Waals surface area contributed by atoms with E-state index in [0.29, 0.717) is 30.7 Å². The van der Waals surface area contributed by atoms with Crippen molar-refractivity contribution in [2.24, 2.45) is 0 Å². The number of aromatic amines is 1. The summed E-state index contributed by atoms with van der Waals surface area (Å²) in [4.78, 5) is 32.4. The molecule has 0 radical (unpaired) electrons. The molecule has 1 amide bonds. The van der Waals surface area contributed by atoms with Gasteiger partial charge in [-0.15, -0.1) is 11.3 Å². The molecule has 0 saturated carbocycles. The second-order valence-electron chi connectivity index (χ2n) is 5.06. The molecule has 1 atom stereocenters. The number of aromatic nitrogens is 2. The van der Waals surface area contributed by atoms with Crippen molar-refractivity contribution in [1.29, 1.82) is 0 Å². The third kappa shape index (κ3) is 2.34. The van der Waals surface area contributed by atoms with Crippen molar-refractivity contribution in [3.63, 3.8) is 0 Å². The third-order valence-electron chi connectivity index (χ3n) is 3.62. The van der Waals surface area contributed by atoms with Gasteiger partial charge in [0.25, 0.3) is 5.56 Å². The second kappa shape index (κ2) is 4.99. The summed E-state index contributed by atoms with van der Waals surface area (Å²) in [6.07, 6.45) is 0.476. The molecule has 7 heteroatoms. The number of carbonyl (C=O) groups is 1. The van der Waals surface area contributed by atoms with Crippen LogP contribution in [0.2, 0.25) is 0 Å². The fourth-order valence-electron chi connectivity index (χ4n) is 2.37. The van der Waals surface area contributed by atoms with Crippen LogP contribution in [-0.4, -0.2) is 28.5 Å². The third-order valence-corrected chi connectivity index (χ3v) is 4.72. The Morgan fingerprint density at radius 3 is 2.90 bits per heavy atom. The Bertz CT molecular complexity index is 734. The van der Waals surface area contributed by atoms with Crippen LogP contribution in [0.15, 0.2) is 4.79 Å². The maximum absolute atomic E-state index is 12.1. The number of nitrogens with one attached hydrogen (secondary N) is 3. The standard InChI is InChI=1S/C13H16N4O2S/c1-6-7(2)20-13-11(6)12(19)16-9(17-13)5-14-8-3-10(18)15-4-8/h8,14H,3-5H2,1-2H3,(H,15,18)(H,16,17,19). The van der Waals surface area contributed by atoms with Crippen LogP contribution in [0.4, 0.5) is 0 Å². The van der Waals surface area contributed by atoms with E-state index in [2.05, 4.69) is 20.6 Å². The molecule has 20 heavy (non-hydrogen) atoms. The highest BCUT2D eigenvalue weighted by molar-refractivity contribution is 7.18. The Morgan fingerprint density at radius 1 is 1.40 bits per heavy atom. The molecule has 1 unspecified atom stereocenters. The first-order chi connectivity index (χ1) is 9.54. The molecule has 3 heterocycles. The van der Waals surface area contributed by atoms with Crippen LogP contribution in [0, 0.1) is 13.8 Å². The summed E-state index contributed by atoms with van der Waals surface area (Å²) in [6, 6.07) is 0.107. The first-order valence-electron chi connectivity index (χ1n) is 6.53. The number of thiophene rings is 1. The monoisotopic (exact) mass is 292 g/mol. The molecule has 6 nitrogen and oxygen atoms in total. The lowest BCUT2D eigenvalue weighted by atomic mass is 10.2. The topological polar surface area (TPSA) is 86.9 Å². The van der Waals surface area contributed by atoms with E-state index in [1.54, 1.807) is 11.3 Å². The molecule has 2 aromatic rings. The van der Waals surface area contributed by atoms with Crippen LogP contribution in [0.3, 0.4) is 0 Å². The predicted molar refractivity (Wildman–Crippen MR) is 78.0 cm³/mol. The van der Waals surface area contributed by atoms with Crippen molar-refractivity contribution in [2.45, 2.75) is 32.9 Å². The van der Waals surface area contributed by atoms with Crippen LogP contribution in [-0.2, 0) is 11.3 Å². The van der Waals surface area contributed by atoms with Crippen molar-refractivity contribution in [3.8, 4) is 0 Å². The number of H-pyrrole nitrogens is 1. The van der Waals surface area contributed by atoms with E-state index in [1.807, 2.05) is 13.8 Å². The molecule has 106 valence electrons. The lowest BCUT2D eigenvalue weighted by molar-refractivity contribution is -0.119. The number of rotatable bonds is 3. The molecule has 0 aromatic carbocycles. The molecule has 1 aliphatic heterocycles. The molecule has 1 saturated heterocycles. The van der Waals surface area contributed by atoms with Crippen molar-refractivity contribution in [1.82, 2.24) is 20.6 Å². The summed E-state index contributed by atoms with van der Waals surface area (Å²) >= 11 is 1.54. The number of carbonyl (C=O) groups excluding carboxylic acids is 1. The molecule has 0 aliphatic carbocycles. The highest BCUT2D eigenvalue weighted by atomic mass is 32.1. The molecular formula is C13H16N4O2S. The van der Waals surface area contributed by atoms with Gasteiger partial charge in [0.2, 0.25) is 5.91 Å². The first-order valence-corrected chi connectivity index (χ1v) is 7.35. The fourth-order valence-corrected chi connectivity index (χ4v) is 3.42. The van der Waals surface area contributed by atoms with Gasteiger partial charge in [-0.1, -0.05) is 0 Å². The van der Waals surface area contributed by atoms with Gasteiger partial charge in [-0.3, -0.25) is 9.59 Å². The van der Waals surface area contributed by atoms with Gasteiger partial charge < -0.3 is 15.6 Å². The van der Waals surface area contributed by atoms with E-state index < -0.39 is 0 Å². The summed E-state index contributed by atoms with van der Waals surface area (Å²) in [7, 11) is 0. The zero-order chi connectivity index (χ0) is 14.3. The van der Waals surface area contributed by atoms with Crippen LogP contribution >= 0.6 is 11.3 Å². The van der Waals surface area contributed by atoms with Crippen LogP contribution in [0.1, 0.15) is 22.7 Å². The summed E-state index contributed by atoms with van der Waals surface area (Å²) in [5, 5.41) is 6.69. The van der Waals surface area contributed by atoms with Crippen LogP contribution in [0.25, 0.3) is 10.2 Å². The summed E-state index contributed by atoms with van der Waals surface area (Å²) < 4.78 is 0. The molecule has 0 spiro atoms. The summed E-state index contributed by atoms with van der Waals surface area (Å²) in [5.41, 5.74) is 0.915. The molecule has 3 N–H and O–H groups in total. The van der Waals surface area contributed by atoms with Crippen LogP contribution in [0.5, 0.6) is 0 Å². The maximum atomic E-state index is 12.1. The first kappa shape index (κ1) is 13.3. The molecule has 1 fully saturated rings. The molecule has 1 aliphatic rings. The predicted octanol–water partition coefficient (Wildman–Crippen LogP) is 0.580. The van der Waals surface area contributed by atoms with Gasteiger partial charge in [0, 0.05) is 23.9 Å². The Morgan fingerprint density at radius 2 is 2.20 bits per heavy atom. The lowest BCUT2D eigenvalue weighted by Crippen LogP contribution is -2.31. The van der Waals surface area contributed by atoms with Gasteiger partial charge in [-0.25, -0.2) is 4.98 Å². The van der Waals surface area contributed by atoms with Gasteiger partial charge in [-0.2, -0.15) is 0 Å². The largest absolute Gasteiger partial charge is 0.354 e. The van der Waals surface area contributed by atoms with Crippen molar-refractivity contribution in [3.05, 3.63) is 26.6 Å². The van der Waals surface area contributed by atoms with E-state index in [9.17, 15) is 9.59 Å². The van der Waals surface area contributed by atoms with Crippen LogP contribution < -0.4 is 16.2 Å².